The summed E-state index contributed by atoms with van der Waals surface area (Å²) in [5.74, 6) is 0.321. The molecule has 0 radical (unpaired) electrons. The Morgan fingerprint density at radius 3 is 3.07 bits per heavy atom. The minimum atomic E-state index is 0.234. The summed E-state index contributed by atoms with van der Waals surface area (Å²) in [6.45, 7) is 3.09. The molecule has 76 valence electrons. The molecular formula is C11H14ClNO. The summed E-state index contributed by atoms with van der Waals surface area (Å²) in [5.41, 5.74) is 3.47. The van der Waals surface area contributed by atoms with Crippen molar-refractivity contribution in [3.05, 3.63) is 28.3 Å². The minimum absolute atomic E-state index is 0.234. The third kappa shape index (κ3) is 1.72. The van der Waals surface area contributed by atoms with E-state index in [9.17, 15) is 0 Å². The van der Waals surface area contributed by atoms with Crippen molar-refractivity contribution in [2.75, 3.05) is 18.5 Å². The topological polar surface area (TPSA) is 32.3 Å². The van der Waals surface area contributed by atoms with Crippen molar-refractivity contribution >= 4 is 17.3 Å². The zero-order valence-corrected chi connectivity index (χ0v) is 8.93. The third-order valence-corrected chi connectivity index (χ3v) is 3.14. The van der Waals surface area contributed by atoms with Gasteiger partial charge in [-0.3, -0.25) is 0 Å². The Kier molecular flexibility index (Phi) is 2.66. The molecule has 1 aromatic carbocycles. The molecular weight excluding hydrogens is 198 g/mol. The van der Waals surface area contributed by atoms with Crippen LogP contribution in [0.2, 0.25) is 5.02 Å². The van der Waals surface area contributed by atoms with E-state index >= 15 is 0 Å². The second-order valence-corrected chi connectivity index (χ2v) is 4.30. The van der Waals surface area contributed by atoms with Crippen LogP contribution in [0.25, 0.3) is 0 Å². The van der Waals surface area contributed by atoms with Crippen molar-refractivity contribution in [1.82, 2.24) is 0 Å². The summed E-state index contributed by atoms with van der Waals surface area (Å²) in [7, 11) is 0. The van der Waals surface area contributed by atoms with Gasteiger partial charge in [-0.25, -0.2) is 0 Å². The maximum Gasteiger partial charge on any atom is 0.0479 e. The Balaban J connectivity index is 2.33. The summed E-state index contributed by atoms with van der Waals surface area (Å²) in [4.78, 5) is 0. The van der Waals surface area contributed by atoms with Crippen LogP contribution in [-0.4, -0.2) is 18.3 Å². The Morgan fingerprint density at radius 1 is 1.57 bits per heavy atom. The van der Waals surface area contributed by atoms with Gasteiger partial charge in [-0.2, -0.15) is 0 Å². The number of aliphatic hydroxyl groups is 1. The van der Waals surface area contributed by atoms with E-state index < -0.39 is 0 Å². The van der Waals surface area contributed by atoms with Crippen LogP contribution in [0.4, 0.5) is 5.69 Å². The predicted octanol–water partition coefficient (Wildman–Crippen LogP) is 2.22. The van der Waals surface area contributed by atoms with Gasteiger partial charge in [0.1, 0.15) is 0 Å². The Morgan fingerprint density at radius 2 is 2.36 bits per heavy atom. The molecule has 2 rings (SSSR count). The first-order valence-corrected chi connectivity index (χ1v) is 5.22. The Labute approximate surface area is 88.9 Å². The highest BCUT2D eigenvalue weighted by Gasteiger charge is 2.18. The molecule has 0 amide bonds. The van der Waals surface area contributed by atoms with Crippen molar-refractivity contribution in [3.63, 3.8) is 0 Å². The number of aryl methyl sites for hydroxylation is 1. The van der Waals surface area contributed by atoms with E-state index in [4.69, 9.17) is 16.7 Å². The van der Waals surface area contributed by atoms with Gasteiger partial charge >= 0.3 is 0 Å². The van der Waals surface area contributed by atoms with Gasteiger partial charge < -0.3 is 10.4 Å². The lowest BCUT2D eigenvalue weighted by molar-refractivity contribution is 0.230. The molecule has 0 saturated carbocycles. The molecule has 0 spiro atoms. The number of anilines is 1. The Hall–Kier alpha value is -0.730. The number of hydrogen-bond acceptors (Lipinski definition) is 2. The van der Waals surface area contributed by atoms with Crippen LogP contribution < -0.4 is 5.32 Å². The van der Waals surface area contributed by atoms with Gasteiger partial charge in [0.05, 0.1) is 0 Å². The number of benzene rings is 1. The molecule has 2 nitrogen and oxygen atoms in total. The zero-order chi connectivity index (χ0) is 10.1. The number of aliphatic hydroxyl groups excluding tert-OH is 1. The molecule has 1 aromatic rings. The average molecular weight is 212 g/mol. The monoisotopic (exact) mass is 211 g/mol. The van der Waals surface area contributed by atoms with E-state index in [1.54, 1.807) is 0 Å². The summed E-state index contributed by atoms with van der Waals surface area (Å²) in [6.07, 6.45) is 0.916. The molecule has 1 atom stereocenters. The van der Waals surface area contributed by atoms with E-state index in [0.29, 0.717) is 5.92 Å². The van der Waals surface area contributed by atoms with Crippen LogP contribution in [-0.2, 0) is 6.42 Å². The van der Waals surface area contributed by atoms with Crippen LogP contribution in [0.1, 0.15) is 11.1 Å². The second kappa shape index (κ2) is 3.79. The van der Waals surface area contributed by atoms with Crippen molar-refractivity contribution < 1.29 is 5.11 Å². The lowest BCUT2D eigenvalue weighted by atomic mass is 9.94. The smallest absolute Gasteiger partial charge is 0.0479 e. The standard InChI is InChI=1S/C11H14ClNO/c1-7-2-11-9(4-10(7)12)3-8(6-14)5-13-11/h2,4,8,13-14H,3,5-6H2,1H3. The fourth-order valence-corrected chi connectivity index (χ4v) is 2.01. The number of nitrogens with one attached hydrogen (secondary N) is 1. The first kappa shape index (κ1) is 9.81. The van der Waals surface area contributed by atoms with Gasteiger partial charge in [-0.15, -0.1) is 0 Å². The van der Waals surface area contributed by atoms with Crippen molar-refractivity contribution in [2.24, 2.45) is 5.92 Å². The maximum absolute atomic E-state index is 9.07. The molecule has 0 bridgehead atoms. The largest absolute Gasteiger partial charge is 0.396 e. The molecule has 1 aliphatic heterocycles. The SMILES string of the molecule is Cc1cc2c(cc1Cl)CC(CO)CN2. The normalized spacial score (nSPS) is 20.1. The fourth-order valence-electron chi connectivity index (χ4n) is 1.82. The molecule has 1 aliphatic rings. The number of fused-ring (bicyclic) bond motifs is 1. The predicted molar refractivity (Wildman–Crippen MR) is 59.0 cm³/mol. The quantitative estimate of drug-likeness (QED) is 0.747. The van der Waals surface area contributed by atoms with Gasteiger partial charge in [0.15, 0.2) is 0 Å². The first-order valence-electron chi connectivity index (χ1n) is 4.84. The molecule has 14 heavy (non-hydrogen) atoms. The van der Waals surface area contributed by atoms with Gasteiger partial charge in [-0.05, 0) is 36.6 Å². The molecule has 2 N–H and O–H groups in total. The van der Waals surface area contributed by atoms with E-state index in [2.05, 4.69) is 11.4 Å². The van der Waals surface area contributed by atoms with Crippen LogP contribution in [0, 0.1) is 12.8 Å². The molecule has 3 heteroatoms. The first-order chi connectivity index (χ1) is 6.70. The average Bonchev–Trinajstić information content (AvgIpc) is 2.19. The fraction of sp³-hybridized carbons (Fsp3) is 0.455. The number of rotatable bonds is 1. The minimum Gasteiger partial charge on any atom is -0.396 e. The summed E-state index contributed by atoms with van der Waals surface area (Å²) in [5, 5.41) is 13.2. The van der Waals surface area contributed by atoms with E-state index in [1.807, 2.05) is 13.0 Å². The lowest BCUT2D eigenvalue weighted by Gasteiger charge is -2.25. The van der Waals surface area contributed by atoms with Crippen LogP contribution in [0.5, 0.6) is 0 Å². The van der Waals surface area contributed by atoms with Crippen molar-refractivity contribution in [3.8, 4) is 0 Å². The second-order valence-electron chi connectivity index (χ2n) is 3.89. The summed E-state index contributed by atoms with van der Waals surface area (Å²) < 4.78 is 0. The summed E-state index contributed by atoms with van der Waals surface area (Å²) >= 11 is 6.05. The number of halogens is 1. The van der Waals surface area contributed by atoms with Crippen LogP contribution in [0.3, 0.4) is 0 Å². The Bertz CT molecular complexity index is 351. The lowest BCUT2D eigenvalue weighted by Crippen LogP contribution is -2.25. The number of hydrogen-bond donors (Lipinski definition) is 2. The molecule has 0 aromatic heterocycles. The molecule has 0 fully saturated rings. The summed E-state index contributed by atoms with van der Waals surface area (Å²) in [6, 6.07) is 4.08. The van der Waals surface area contributed by atoms with E-state index in [-0.39, 0.29) is 6.61 Å². The van der Waals surface area contributed by atoms with Gasteiger partial charge in [0.25, 0.3) is 0 Å². The van der Waals surface area contributed by atoms with Crippen molar-refractivity contribution in [1.29, 1.82) is 0 Å². The van der Waals surface area contributed by atoms with Gasteiger partial charge in [0, 0.05) is 29.8 Å². The molecule has 1 unspecified atom stereocenters. The van der Waals surface area contributed by atoms with Gasteiger partial charge in [-0.1, -0.05) is 11.6 Å². The third-order valence-electron chi connectivity index (χ3n) is 2.73. The maximum atomic E-state index is 9.07. The highest BCUT2D eigenvalue weighted by molar-refractivity contribution is 6.31. The highest BCUT2D eigenvalue weighted by Crippen LogP contribution is 2.29. The molecule has 1 heterocycles. The highest BCUT2D eigenvalue weighted by atomic mass is 35.5. The van der Waals surface area contributed by atoms with Gasteiger partial charge in [0.2, 0.25) is 0 Å². The molecule has 0 saturated heterocycles. The van der Waals surface area contributed by atoms with Crippen LogP contribution >= 0.6 is 11.6 Å². The molecule has 0 aliphatic carbocycles. The van der Waals surface area contributed by atoms with E-state index in [0.717, 1.165) is 29.2 Å². The zero-order valence-electron chi connectivity index (χ0n) is 8.18. The van der Waals surface area contributed by atoms with Crippen molar-refractivity contribution in [2.45, 2.75) is 13.3 Å². The van der Waals surface area contributed by atoms with Crippen LogP contribution in [0.15, 0.2) is 12.1 Å². The van der Waals surface area contributed by atoms with E-state index in [1.165, 1.54) is 5.56 Å².